The predicted octanol–water partition coefficient (Wildman–Crippen LogP) is 2.56. The summed E-state index contributed by atoms with van der Waals surface area (Å²) >= 11 is 0. The smallest absolute Gasteiger partial charge is 0.192 e. The van der Waals surface area contributed by atoms with Gasteiger partial charge in [0, 0.05) is 5.56 Å². The lowest BCUT2D eigenvalue weighted by Crippen LogP contribution is -2.05. The zero-order valence-electron chi connectivity index (χ0n) is 6.89. The fourth-order valence-corrected chi connectivity index (χ4v) is 0.939. The van der Waals surface area contributed by atoms with Crippen molar-refractivity contribution in [1.29, 1.82) is 5.26 Å². The highest BCUT2D eigenvalue weighted by molar-refractivity contribution is 5.49. The molecule has 0 aliphatic heterocycles. The number of hydrogen-bond donors (Lipinski definition) is 0. The fourth-order valence-electron chi connectivity index (χ4n) is 0.939. The molecule has 70 valence electrons. The Hall–Kier alpha value is -1.94. The molecule has 0 amide bonds. The minimum atomic E-state index is -4.45. The van der Waals surface area contributed by atoms with Crippen LogP contribution in [0.3, 0.4) is 0 Å². The molecule has 0 saturated heterocycles. The topological polar surface area (TPSA) is 23.8 Å². The lowest BCUT2D eigenvalue weighted by atomic mass is 10.1. The molecule has 14 heavy (non-hydrogen) atoms. The second kappa shape index (κ2) is 3.43. The van der Waals surface area contributed by atoms with E-state index >= 15 is 0 Å². The SMILES string of the molecule is C#Cc1ccc(C(F)(F)F)cc1C#N. The molecule has 0 aromatic heterocycles. The summed E-state index contributed by atoms with van der Waals surface area (Å²) < 4.78 is 36.5. The molecule has 0 aliphatic carbocycles. The van der Waals surface area contributed by atoms with E-state index in [2.05, 4.69) is 5.92 Å². The number of nitriles is 1. The molecule has 1 rings (SSSR count). The van der Waals surface area contributed by atoms with E-state index in [0.717, 1.165) is 18.2 Å². The van der Waals surface area contributed by atoms with Crippen LogP contribution in [0.4, 0.5) is 13.2 Å². The minimum Gasteiger partial charge on any atom is -0.192 e. The van der Waals surface area contributed by atoms with Gasteiger partial charge >= 0.3 is 6.18 Å². The summed E-state index contributed by atoms with van der Waals surface area (Å²) in [6.07, 6.45) is 0.557. The van der Waals surface area contributed by atoms with Crippen LogP contribution >= 0.6 is 0 Å². The summed E-state index contributed by atoms with van der Waals surface area (Å²) in [5.74, 6) is 2.14. The van der Waals surface area contributed by atoms with E-state index in [9.17, 15) is 13.2 Å². The maximum Gasteiger partial charge on any atom is 0.416 e. The van der Waals surface area contributed by atoms with Crippen LogP contribution in [-0.4, -0.2) is 0 Å². The number of alkyl halides is 3. The number of benzene rings is 1. The first kappa shape index (κ1) is 10.1. The highest BCUT2D eigenvalue weighted by atomic mass is 19.4. The molecule has 0 heterocycles. The molecule has 0 atom stereocenters. The summed E-state index contributed by atoms with van der Waals surface area (Å²) in [7, 11) is 0. The molecule has 1 nitrogen and oxygen atoms in total. The van der Waals surface area contributed by atoms with Crippen LogP contribution < -0.4 is 0 Å². The number of hydrogen-bond acceptors (Lipinski definition) is 1. The molecule has 1 aromatic rings. The third kappa shape index (κ3) is 1.86. The van der Waals surface area contributed by atoms with Crippen LogP contribution in [0.15, 0.2) is 18.2 Å². The van der Waals surface area contributed by atoms with Gasteiger partial charge in [0.25, 0.3) is 0 Å². The largest absolute Gasteiger partial charge is 0.416 e. The molecule has 0 fully saturated rings. The van der Waals surface area contributed by atoms with E-state index in [4.69, 9.17) is 11.7 Å². The van der Waals surface area contributed by atoms with Gasteiger partial charge in [-0.15, -0.1) is 6.42 Å². The van der Waals surface area contributed by atoms with Crippen molar-refractivity contribution in [3.05, 3.63) is 34.9 Å². The molecule has 0 bridgehead atoms. The Morgan fingerprint density at radius 3 is 2.29 bits per heavy atom. The van der Waals surface area contributed by atoms with Crippen molar-refractivity contribution in [2.45, 2.75) is 6.18 Å². The predicted molar refractivity (Wildman–Crippen MR) is 44.1 cm³/mol. The molecule has 4 heteroatoms. The second-order valence-corrected chi connectivity index (χ2v) is 2.51. The van der Waals surface area contributed by atoms with E-state index in [0.29, 0.717) is 0 Å². The highest BCUT2D eigenvalue weighted by Gasteiger charge is 2.30. The Labute approximate surface area is 78.8 Å². The summed E-state index contributed by atoms with van der Waals surface area (Å²) in [6, 6.07) is 4.33. The molecular weight excluding hydrogens is 191 g/mol. The quantitative estimate of drug-likeness (QED) is 0.583. The third-order valence-electron chi connectivity index (χ3n) is 1.62. The zero-order valence-corrected chi connectivity index (χ0v) is 6.89. The third-order valence-corrected chi connectivity index (χ3v) is 1.62. The lowest BCUT2D eigenvalue weighted by molar-refractivity contribution is -0.137. The first-order valence-electron chi connectivity index (χ1n) is 3.57. The highest BCUT2D eigenvalue weighted by Crippen LogP contribution is 2.30. The Kier molecular flexibility index (Phi) is 2.49. The number of rotatable bonds is 0. The Morgan fingerprint density at radius 1 is 1.21 bits per heavy atom. The molecular formula is C10H4F3N. The van der Waals surface area contributed by atoms with E-state index in [1.54, 1.807) is 6.07 Å². The number of halogens is 3. The zero-order chi connectivity index (χ0) is 10.8. The standard InChI is InChI=1S/C10H4F3N/c1-2-7-3-4-9(10(11,12)13)5-8(7)6-14/h1,3-5H. The van der Waals surface area contributed by atoms with Crippen molar-refractivity contribution in [2.75, 3.05) is 0 Å². The lowest BCUT2D eigenvalue weighted by Gasteiger charge is -2.06. The summed E-state index contributed by atoms with van der Waals surface area (Å²) in [5, 5.41) is 8.53. The maximum absolute atomic E-state index is 12.2. The summed E-state index contributed by atoms with van der Waals surface area (Å²) in [4.78, 5) is 0. The normalized spacial score (nSPS) is 10.4. The van der Waals surface area contributed by atoms with Crippen LogP contribution in [0.25, 0.3) is 0 Å². The molecule has 0 aliphatic rings. The first-order chi connectivity index (χ1) is 6.49. The van der Waals surface area contributed by atoms with E-state index in [-0.39, 0.29) is 11.1 Å². The van der Waals surface area contributed by atoms with Crippen LogP contribution in [0.1, 0.15) is 16.7 Å². The second-order valence-electron chi connectivity index (χ2n) is 2.51. The van der Waals surface area contributed by atoms with Crippen molar-refractivity contribution in [3.63, 3.8) is 0 Å². The van der Waals surface area contributed by atoms with Gasteiger partial charge in [-0.2, -0.15) is 18.4 Å². The van der Waals surface area contributed by atoms with Gasteiger partial charge < -0.3 is 0 Å². The van der Waals surface area contributed by atoms with E-state index < -0.39 is 11.7 Å². The number of terminal acetylenes is 1. The van der Waals surface area contributed by atoms with Crippen molar-refractivity contribution < 1.29 is 13.2 Å². The van der Waals surface area contributed by atoms with Gasteiger partial charge in [0.15, 0.2) is 0 Å². The first-order valence-corrected chi connectivity index (χ1v) is 3.57. The molecule has 0 unspecified atom stereocenters. The average Bonchev–Trinajstić information content (AvgIpc) is 2.15. The van der Waals surface area contributed by atoms with Crippen LogP contribution in [0, 0.1) is 23.7 Å². The average molecular weight is 195 g/mol. The summed E-state index contributed by atoms with van der Waals surface area (Å²) in [5.41, 5.74) is -0.837. The Balaban J connectivity index is 3.32. The van der Waals surface area contributed by atoms with Crippen molar-refractivity contribution in [3.8, 4) is 18.4 Å². The van der Waals surface area contributed by atoms with E-state index in [1.165, 1.54) is 0 Å². The van der Waals surface area contributed by atoms with Gasteiger partial charge in [-0.1, -0.05) is 5.92 Å². The Morgan fingerprint density at radius 2 is 1.86 bits per heavy atom. The van der Waals surface area contributed by atoms with Gasteiger partial charge in [0.05, 0.1) is 11.1 Å². The molecule has 0 saturated carbocycles. The van der Waals surface area contributed by atoms with Crippen molar-refractivity contribution in [1.82, 2.24) is 0 Å². The van der Waals surface area contributed by atoms with E-state index in [1.807, 2.05) is 0 Å². The van der Waals surface area contributed by atoms with Crippen molar-refractivity contribution >= 4 is 0 Å². The molecule has 0 N–H and O–H groups in total. The van der Waals surface area contributed by atoms with Crippen LogP contribution in [0.5, 0.6) is 0 Å². The van der Waals surface area contributed by atoms with Crippen LogP contribution in [0.2, 0.25) is 0 Å². The van der Waals surface area contributed by atoms with Crippen LogP contribution in [-0.2, 0) is 6.18 Å². The molecule has 0 radical (unpaired) electrons. The van der Waals surface area contributed by atoms with Gasteiger partial charge in [0.2, 0.25) is 0 Å². The van der Waals surface area contributed by atoms with Gasteiger partial charge in [-0.3, -0.25) is 0 Å². The Bertz CT molecular complexity index is 432. The number of nitrogens with zero attached hydrogens (tertiary/aromatic N) is 1. The van der Waals surface area contributed by atoms with Gasteiger partial charge in [-0.25, -0.2) is 0 Å². The summed E-state index contributed by atoms with van der Waals surface area (Å²) in [6.45, 7) is 0. The monoisotopic (exact) mass is 195 g/mol. The molecule has 1 aromatic carbocycles. The van der Waals surface area contributed by atoms with Gasteiger partial charge in [0.1, 0.15) is 6.07 Å². The minimum absolute atomic E-state index is 0.137. The fraction of sp³-hybridized carbons (Fsp3) is 0.100. The maximum atomic E-state index is 12.2. The van der Waals surface area contributed by atoms with Crippen molar-refractivity contribution in [2.24, 2.45) is 0 Å². The molecule has 0 spiro atoms. The van der Waals surface area contributed by atoms with Gasteiger partial charge in [-0.05, 0) is 18.2 Å².